The van der Waals surface area contributed by atoms with Crippen molar-refractivity contribution in [3.63, 3.8) is 0 Å². The molecule has 6 nitrogen and oxygen atoms in total. The Labute approximate surface area is 134 Å². The quantitative estimate of drug-likeness (QED) is 0.426. The molecule has 2 heterocycles. The normalized spacial score (nSPS) is 11.7. The molecule has 2 N–H and O–H groups in total. The second-order valence-corrected chi connectivity index (χ2v) is 4.91. The highest BCUT2D eigenvalue weighted by atomic mass is 19.1. The third-order valence-corrected chi connectivity index (χ3v) is 3.27. The van der Waals surface area contributed by atoms with Crippen LogP contribution in [0.5, 0.6) is 0 Å². The molecule has 0 saturated carbocycles. The van der Waals surface area contributed by atoms with Gasteiger partial charge in [0.05, 0.1) is 5.56 Å². The van der Waals surface area contributed by atoms with Gasteiger partial charge in [-0.3, -0.25) is 9.89 Å². The first-order valence-corrected chi connectivity index (χ1v) is 6.85. The van der Waals surface area contributed by atoms with Gasteiger partial charge in [0, 0.05) is 12.5 Å². The van der Waals surface area contributed by atoms with E-state index in [4.69, 9.17) is 4.42 Å². The molecular weight excluding hydrogens is 320 g/mol. The summed E-state index contributed by atoms with van der Waals surface area (Å²) in [7, 11) is 0. The Kier molecular flexibility index (Phi) is 4.19. The van der Waals surface area contributed by atoms with E-state index in [1.807, 2.05) is 0 Å². The Bertz CT molecular complexity index is 884. The largest absolute Gasteiger partial charge is 0.507 e. The van der Waals surface area contributed by atoms with Crippen molar-refractivity contribution < 1.29 is 23.1 Å². The molecule has 2 aromatic heterocycles. The zero-order valence-electron chi connectivity index (χ0n) is 12.2. The number of rotatable bonds is 5. The smallest absolute Gasteiger partial charge is 0.226 e. The Hall–Kier alpha value is -3.29. The maximum absolute atomic E-state index is 13.9. The van der Waals surface area contributed by atoms with Crippen molar-refractivity contribution in [3.05, 3.63) is 77.3 Å². The van der Waals surface area contributed by atoms with Gasteiger partial charge in [0.1, 0.15) is 29.9 Å². The highest BCUT2D eigenvalue weighted by Gasteiger charge is 2.20. The Balaban J connectivity index is 1.89. The highest BCUT2D eigenvalue weighted by molar-refractivity contribution is 6.05. The average molecular weight is 331 g/mol. The second-order valence-electron chi connectivity index (χ2n) is 4.91. The minimum atomic E-state index is -0.814. The number of aliphatic hydroxyl groups is 1. The number of carbonyl (C=O) groups is 1. The summed E-state index contributed by atoms with van der Waals surface area (Å²) in [5.74, 6) is -2.46. The predicted molar refractivity (Wildman–Crippen MR) is 79.2 cm³/mol. The summed E-state index contributed by atoms with van der Waals surface area (Å²) in [6.07, 6.45) is 2.91. The maximum Gasteiger partial charge on any atom is 0.226 e. The van der Waals surface area contributed by atoms with E-state index in [0.717, 1.165) is 18.7 Å². The number of nitrogens with zero attached hydrogens (tertiary/aromatic N) is 2. The van der Waals surface area contributed by atoms with Crippen molar-refractivity contribution in [2.75, 3.05) is 0 Å². The lowest BCUT2D eigenvalue weighted by Crippen LogP contribution is -2.01. The molecule has 0 saturated heterocycles. The van der Waals surface area contributed by atoms with E-state index >= 15 is 0 Å². The number of aliphatic hydroxyl groups excluding tert-OH is 1. The molecule has 0 aliphatic heterocycles. The molecular formula is C16H11F2N3O3. The van der Waals surface area contributed by atoms with Crippen LogP contribution in [0.15, 0.2) is 47.3 Å². The van der Waals surface area contributed by atoms with Crippen molar-refractivity contribution in [2.24, 2.45) is 0 Å². The summed E-state index contributed by atoms with van der Waals surface area (Å²) in [5, 5.41) is 15.9. The van der Waals surface area contributed by atoms with E-state index in [2.05, 4.69) is 15.2 Å². The molecule has 122 valence electrons. The van der Waals surface area contributed by atoms with Crippen molar-refractivity contribution >= 4 is 11.5 Å². The molecule has 1 aromatic carbocycles. The van der Waals surface area contributed by atoms with Crippen molar-refractivity contribution in [1.82, 2.24) is 15.2 Å². The molecule has 0 spiro atoms. The third-order valence-electron chi connectivity index (χ3n) is 3.27. The maximum atomic E-state index is 13.9. The van der Waals surface area contributed by atoms with Crippen LogP contribution in [0.3, 0.4) is 0 Å². The number of ketones is 1. The monoisotopic (exact) mass is 331 g/mol. The minimum absolute atomic E-state index is 0.0921. The van der Waals surface area contributed by atoms with Gasteiger partial charge in [-0.1, -0.05) is 12.1 Å². The minimum Gasteiger partial charge on any atom is -0.507 e. The molecule has 3 rings (SSSR count). The lowest BCUT2D eigenvalue weighted by Gasteiger charge is -2.03. The summed E-state index contributed by atoms with van der Waals surface area (Å²) >= 11 is 0. The topological polar surface area (TPSA) is 92.0 Å². The fourth-order valence-electron chi connectivity index (χ4n) is 2.15. The summed E-state index contributed by atoms with van der Waals surface area (Å²) in [6.45, 7) is 0. The van der Waals surface area contributed by atoms with E-state index in [9.17, 15) is 18.7 Å². The van der Waals surface area contributed by atoms with Crippen LogP contribution in [0.4, 0.5) is 8.78 Å². The van der Waals surface area contributed by atoms with Crippen molar-refractivity contribution in [3.8, 4) is 0 Å². The number of halogens is 2. The van der Waals surface area contributed by atoms with Gasteiger partial charge in [-0.2, -0.15) is 5.10 Å². The number of hydrogen-bond donors (Lipinski definition) is 2. The molecule has 0 radical (unpaired) electrons. The van der Waals surface area contributed by atoms with E-state index in [1.54, 1.807) is 0 Å². The molecule has 8 heteroatoms. The van der Waals surface area contributed by atoms with Gasteiger partial charge in [0.15, 0.2) is 11.6 Å². The zero-order valence-corrected chi connectivity index (χ0v) is 12.2. The number of aromatic nitrogens is 3. The molecule has 0 unspecified atom stereocenters. The SMILES string of the molecule is O=C(C=C(O)c1c(F)coc1Cc1ccc(F)cc1)c1ncn[nH]1. The van der Waals surface area contributed by atoms with Gasteiger partial charge in [-0.15, -0.1) is 0 Å². The van der Waals surface area contributed by atoms with Crippen LogP contribution in [0.25, 0.3) is 5.76 Å². The Morgan fingerprint density at radius 1 is 1.29 bits per heavy atom. The number of aromatic amines is 1. The molecule has 0 amide bonds. The molecule has 0 aliphatic rings. The summed E-state index contributed by atoms with van der Waals surface area (Å²) < 4.78 is 32.0. The number of nitrogens with one attached hydrogen (secondary N) is 1. The average Bonchev–Trinajstić information content (AvgIpc) is 3.20. The Morgan fingerprint density at radius 2 is 2.04 bits per heavy atom. The van der Waals surface area contributed by atoms with Crippen LogP contribution in [-0.2, 0) is 6.42 Å². The first-order valence-electron chi connectivity index (χ1n) is 6.85. The fraction of sp³-hybridized carbons (Fsp3) is 0.0625. The summed E-state index contributed by atoms with van der Waals surface area (Å²) in [6, 6.07) is 5.55. The number of furan rings is 1. The standard InChI is InChI=1S/C16H11F2N3O3/c17-10-3-1-9(2-4-10)5-14-15(11(18)7-24-14)12(22)6-13(23)16-19-8-20-21-16/h1-4,6-8,22H,5H2,(H,19,20,21). The van der Waals surface area contributed by atoms with Gasteiger partial charge >= 0.3 is 0 Å². The van der Waals surface area contributed by atoms with Crippen LogP contribution >= 0.6 is 0 Å². The van der Waals surface area contributed by atoms with Crippen molar-refractivity contribution in [2.45, 2.75) is 6.42 Å². The number of allylic oxidation sites excluding steroid dienone is 1. The van der Waals surface area contributed by atoms with E-state index < -0.39 is 23.2 Å². The van der Waals surface area contributed by atoms with Crippen LogP contribution in [0, 0.1) is 11.6 Å². The lowest BCUT2D eigenvalue weighted by molar-refractivity contribution is 0.103. The van der Waals surface area contributed by atoms with Crippen LogP contribution < -0.4 is 0 Å². The first kappa shape index (κ1) is 15.6. The molecule has 0 fully saturated rings. The van der Waals surface area contributed by atoms with E-state index in [-0.39, 0.29) is 23.6 Å². The second kappa shape index (κ2) is 6.45. The van der Waals surface area contributed by atoms with Crippen LogP contribution in [0.2, 0.25) is 0 Å². The summed E-state index contributed by atoms with van der Waals surface area (Å²) in [5.41, 5.74) is 0.425. The van der Waals surface area contributed by atoms with Gasteiger partial charge in [0.2, 0.25) is 5.78 Å². The van der Waals surface area contributed by atoms with Crippen LogP contribution in [-0.4, -0.2) is 26.1 Å². The fourth-order valence-corrected chi connectivity index (χ4v) is 2.15. The number of hydrogen-bond acceptors (Lipinski definition) is 5. The Morgan fingerprint density at radius 3 is 2.71 bits per heavy atom. The van der Waals surface area contributed by atoms with E-state index in [0.29, 0.717) is 5.56 Å². The number of carbonyl (C=O) groups excluding carboxylic acids is 1. The number of benzene rings is 1. The van der Waals surface area contributed by atoms with Gasteiger partial charge in [0.25, 0.3) is 0 Å². The zero-order chi connectivity index (χ0) is 17.1. The molecule has 24 heavy (non-hydrogen) atoms. The highest BCUT2D eigenvalue weighted by Crippen LogP contribution is 2.25. The predicted octanol–water partition coefficient (Wildman–Crippen LogP) is 3.05. The van der Waals surface area contributed by atoms with E-state index in [1.165, 1.54) is 24.3 Å². The van der Waals surface area contributed by atoms with Crippen LogP contribution in [0.1, 0.15) is 27.5 Å². The third kappa shape index (κ3) is 3.22. The first-order chi connectivity index (χ1) is 11.5. The molecule has 3 aromatic rings. The molecule has 0 bridgehead atoms. The number of H-pyrrole nitrogens is 1. The lowest BCUT2D eigenvalue weighted by atomic mass is 10.1. The molecule has 0 atom stereocenters. The van der Waals surface area contributed by atoms with Gasteiger partial charge in [-0.05, 0) is 17.7 Å². The van der Waals surface area contributed by atoms with Gasteiger partial charge < -0.3 is 9.52 Å². The summed E-state index contributed by atoms with van der Waals surface area (Å²) in [4.78, 5) is 15.5. The van der Waals surface area contributed by atoms with Crippen molar-refractivity contribution in [1.29, 1.82) is 0 Å². The van der Waals surface area contributed by atoms with Gasteiger partial charge in [-0.25, -0.2) is 13.8 Å². The molecule has 0 aliphatic carbocycles.